The van der Waals surface area contributed by atoms with Crippen molar-refractivity contribution >= 4 is 17.5 Å². The molecular weight excluding hydrogens is 333 g/mol. The lowest BCUT2D eigenvalue weighted by atomic mass is 10.1. The highest BCUT2D eigenvalue weighted by Crippen LogP contribution is 2.27. The van der Waals surface area contributed by atoms with Gasteiger partial charge in [-0.05, 0) is 29.8 Å². The minimum absolute atomic E-state index is 0.0156. The normalized spacial score (nSPS) is 10.0. The number of hydrazine groups is 1. The van der Waals surface area contributed by atoms with Crippen LogP contribution in [0.4, 0.5) is 10.1 Å². The second-order valence-corrected chi connectivity index (χ2v) is 4.95. The number of rotatable bonds is 5. The summed E-state index contributed by atoms with van der Waals surface area (Å²) in [7, 11) is 1.28. The number of carbonyl (C=O) groups excluding carboxylic acids is 2. The van der Waals surface area contributed by atoms with E-state index in [1.165, 1.54) is 43.5 Å². The topological polar surface area (TPSA) is 111 Å². The molecule has 0 aliphatic heterocycles. The summed E-state index contributed by atoms with van der Waals surface area (Å²) in [6.07, 6.45) is -0.0662. The molecule has 0 saturated heterocycles. The van der Waals surface area contributed by atoms with Crippen molar-refractivity contribution in [3.05, 3.63) is 69.5 Å². The van der Waals surface area contributed by atoms with Gasteiger partial charge in [0.25, 0.3) is 5.91 Å². The summed E-state index contributed by atoms with van der Waals surface area (Å²) in [5.41, 5.74) is 4.52. The number of methoxy groups -OCH3 is 1. The SMILES string of the molecule is COc1ccc(C(=O)NNC(=O)Cc2ccc(F)cc2)cc1[N+](=O)[O-]. The van der Waals surface area contributed by atoms with Crippen molar-refractivity contribution in [3.8, 4) is 5.75 Å². The van der Waals surface area contributed by atoms with Crippen molar-refractivity contribution in [1.82, 2.24) is 10.9 Å². The molecule has 0 bridgehead atoms. The van der Waals surface area contributed by atoms with Crippen LogP contribution < -0.4 is 15.6 Å². The Bertz CT molecular complexity index is 808. The first-order valence-corrected chi connectivity index (χ1v) is 7.06. The Kier molecular flexibility index (Phi) is 5.62. The summed E-state index contributed by atoms with van der Waals surface area (Å²) < 4.78 is 17.6. The summed E-state index contributed by atoms with van der Waals surface area (Å²) in [5.74, 6) is -1.65. The number of nitro benzene ring substituents is 1. The lowest BCUT2D eigenvalue weighted by molar-refractivity contribution is -0.385. The smallest absolute Gasteiger partial charge is 0.311 e. The molecule has 0 fully saturated rings. The highest BCUT2D eigenvalue weighted by molar-refractivity contribution is 5.96. The van der Waals surface area contributed by atoms with Crippen LogP contribution in [0.3, 0.4) is 0 Å². The molecule has 0 unspecified atom stereocenters. The maximum absolute atomic E-state index is 12.8. The van der Waals surface area contributed by atoms with Crippen molar-refractivity contribution in [1.29, 1.82) is 0 Å². The zero-order valence-electron chi connectivity index (χ0n) is 13.1. The fourth-order valence-electron chi connectivity index (χ4n) is 2.00. The van der Waals surface area contributed by atoms with Crippen molar-refractivity contribution in [2.24, 2.45) is 0 Å². The molecule has 2 rings (SSSR count). The van der Waals surface area contributed by atoms with Gasteiger partial charge in [-0.2, -0.15) is 0 Å². The van der Waals surface area contributed by atoms with Gasteiger partial charge in [0.1, 0.15) is 5.82 Å². The van der Waals surface area contributed by atoms with E-state index in [0.29, 0.717) is 5.56 Å². The summed E-state index contributed by atoms with van der Waals surface area (Å²) >= 11 is 0. The van der Waals surface area contributed by atoms with Crippen LogP contribution >= 0.6 is 0 Å². The molecule has 2 aromatic carbocycles. The number of nitrogens with zero attached hydrogens (tertiary/aromatic N) is 1. The third-order valence-corrected chi connectivity index (χ3v) is 3.23. The van der Waals surface area contributed by atoms with E-state index >= 15 is 0 Å². The van der Waals surface area contributed by atoms with Gasteiger partial charge in [0.15, 0.2) is 5.75 Å². The van der Waals surface area contributed by atoms with Crippen LogP contribution in [0.5, 0.6) is 5.75 Å². The first-order valence-electron chi connectivity index (χ1n) is 7.06. The van der Waals surface area contributed by atoms with Crippen molar-refractivity contribution < 1.29 is 23.6 Å². The van der Waals surface area contributed by atoms with Gasteiger partial charge in [0.2, 0.25) is 5.91 Å². The standard InChI is InChI=1S/C16H14FN3O5/c1-25-14-7-4-11(9-13(14)20(23)24)16(22)19-18-15(21)8-10-2-5-12(17)6-3-10/h2-7,9H,8H2,1H3,(H,18,21)(H,19,22). The Morgan fingerprint density at radius 2 is 1.84 bits per heavy atom. The largest absolute Gasteiger partial charge is 0.490 e. The van der Waals surface area contributed by atoms with E-state index in [-0.39, 0.29) is 23.4 Å². The number of hydrogen-bond acceptors (Lipinski definition) is 5. The fourth-order valence-corrected chi connectivity index (χ4v) is 2.00. The lowest BCUT2D eigenvalue weighted by Crippen LogP contribution is -2.42. The van der Waals surface area contributed by atoms with Gasteiger partial charge in [0.05, 0.1) is 18.5 Å². The number of nitro groups is 1. The molecule has 0 spiro atoms. The van der Waals surface area contributed by atoms with Gasteiger partial charge in [0, 0.05) is 11.6 Å². The van der Waals surface area contributed by atoms with E-state index in [0.717, 1.165) is 6.07 Å². The predicted octanol–water partition coefficient (Wildman–Crippen LogP) is 1.75. The zero-order chi connectivity index (χ0) is 18.4. The highest BCUT2D eigenvalue weighted by Gasteiger charge is 2.18. The zero-order valence-corrected chi connectivity index (χ0v) is 13.1. The van der Waals surface area contributed by atoms with E-state index in [2.05, 4.69) is 10.9 Å². The summed E-state index contributed by atoms with van der Waals surface area (Å²) in [6, 6.07) is 8.99. The van der Waals surface area contributed by atoms with E-state index < -0.39 is 22.6 Å². The molecular formula is C16H14FN3O5. The van der Waals surface area contributed by atoms with E-state index in [4.69, 9.17) is 4.74 Å². The average molecular weight is 347 g/mol. The molecule has 2 N–H and O–H groups in total. The molecule has 8 nitrogen and oxygen atoms in total. The highest BCUT2D eigenvalue weighted by atomic mass is 19.1. The van der Waals surface area contributed by atoms with E-state index in [1.54, 1.807) is 0 Å². The van der Waals surface area contributed by atoms with Crippen molar-refractivity contribution in [3.63, 3.8) is 0 Å². The summed E-state index contributed by atoms with van der Waals surface area (Å²) in [5, 5.41) is 10.9. The number of halogens is 1. The van der Waals surface area contributed by atoms with Crippen molar-refractivity contribution in [2.45, 2.75) is 6.42 Å². The van der Waals surface area contributed by atoms with Crippen molar-refractivity contribution in [2.75, 3.05) is 7.11 Å². The van der Waals surface area contributed by atoms with Crippen LogP contribution in [0.25, 0.3) is 0 Å². The first-order chi connectivity index (χ1) is 11.9. The van der Waals surface area contributed by atoms with Crippen LogP contribution in [0.1, 0.15) is 15.9 Å². The number of nitrogens with one attached hydrogen (secondary N) is 2. The minimum atomic E-state index is -0.724. The Labute approximate surface area is 141 Å². The Morgan fingerprint density at radius 1 is 1.16 bits per heavy atom. The fraction of sp³-hybridized carbons (Fsp3) is 0.125. The monoisotopic (exact) mass is 347 g/mol. The van der Waals surface area contributed by atoms with Gasteiger partial charge < -0.3 is 4.74 Å². The second-order valence-electron chi connectivity index (χ2n) is 4.95. The number of ether oxygens (including phenoxy) is 1. The predicted molar refractivity (Wildman–Crippen MR) is 85.4 cm³/mol. The third kappa shape index (κ3) is 4.74. The number of benzene rings is 2. The van der Waals surface area contributed by atoms with Gasteiger partial charge in [-0.25, -0.2) is 4.39 Å². The van der Waals surface area contributed by atoms with Gasteiger partial charge in [-0.15, -0.1) is 0 Å². The molecule has 2 aromatic rings. The molecule has 0 aliphatic rings. The number of carbonyl (C=O) groups is 2. The minimum Gasteiger partial charge on any atom is -0.490 e. The quantitative estimate of drug-likeness (QED) is 0.632. The molecule has 0 heterocycles. The van der Waals surface area contributed by atoms with Gasteiger partial charge >= 0.3 is 5.69 Å². The molecule has 0 aliphatic carbocycles. The molecule has 0 aromatic heterocycles. The van der Waals surface area contributed by atoms with Gasteiger partial charge in [-0.1, -0.05) is 12.1 Å². The molecule has 2 amide bonds. The molecule has 25 heavy (non-hydrogen) atoms. The Balaban J connectivity index is 1.97. The summed E-state index contributed by atoms with van der Waals surface area (Å²) in [6.45, 7) is 0. The Morgan fingerprint density at radius 3 is 2.44 bits per heavy atom. The maximum Gasteiger partial charge on any atom is 0.311 e. The molecule has 9 heteroatoms. The van der Waals surface area contributed by atoms with Crippen LogP contribution in [0.15, 0.2) is 42.5 Å². The molecule has 0 saturated carbocycles. The second kappa shape index (κ2) is 7.86. The lowest BCUT2D eigenvalue weighted by Gasteiger charge is -2.08. The Hall–Kier alpha value is -3.49. The van der Waals surface area contributed by atoms with Crippen LogP contribution in [-0.2, 0) is 11.2 Å². The van der Waals surface area contributed by atoms with E-state index in [1.807, 2.05) is 0 Å². The van der Waals surface area contributed by atoms with Crippen LogP contribution in [0.2, 0.25) is 0 Å². The maximum atomic E-state index is 12.8. The summed E-state index contributed by atoms with van der Waals surface area (Å²) in [4.78, 5) is 34.0. The first kappa shape index (κ1) is 17.9. The number of amides is 2. The van der Waals surface area contributed by atoms with E-state index in [9.17, 15) is 24.1 Å². The average Bonchev–Trinajstić information content (AvgIpc) is 2.61. The molecule has 0 radical (unpaired) electrons. The van der Waals surface area contributed by atoms with Crippen LogP contribution in [0, 0.1) is 15.9 Å². The molecule has 0 atom stereocenters. The van der Waals surface area contributed by atoms with Gasteiger partial charge in [-0.3, -0.25) is 30.6 Å². The number of hydrogen-bond donors (Lipinski definition) is 2. The third-order valence-electron chi connectivity index (χ3n) is 3.23. The van der Waals surface area contributed by atoms with Crippen LogP contribution in [-0.4, -0.2) is 23.8 Å². The molecule has 130 valence electrons.